The van der Waals surface area contributed by atoms with E-state index in [2.05, 4.69) is 19.9 Å². The van der Waals surface area contributed by atoms with Crippen molar-refractivity contribution in [3.05, 3.63) is 60.3 Å². The lowest BCUT2D eigenvalue weighted by Gasteiger charge is -2.12. The molecule has 1 N–H and O–H groups in total. The van der Waals surface area contributed by atoms with Gasteiger partial charge in [0.15, 0.2) is 11.5 Å². The van der Waals surface area contributed by atoms with Crippen LogP contribution >= 0.6 is 0 Å². The fraction of sp³-hybridized carbons (Fsp3) is 0.200. The van der Waals surface area contributed by atoms with Crippen molar-refractivity contribution in [1.82, 2.24) is 9.78 Å². The van der Waals surface area contributed by atoms with E-state index >= 15 is 0 Å². The maximum absolute atomic E-state index is 12.6. The number of anilines is 1. The first-order valence-corrected chi connectivity index (χ1v) is 8.75. The normalized spacial score (nSPS) is 11.0. The van der Waals surface area contributed by atoms with Gasteiger partial charge in [0.05, 0.1) is 5.69 Å². The summed E-state index contributed by atoms with van der Waals surface area (Å²) in [6, 6.07) is 12.4. The molecule has 158 valence electrons. The van der Waals surface area contributed by atoms with E-state index in [1.807, 2.05) is 19.1 Å². The van der Waals surface area contributed by atoms with Crippen LogP contribution in [0, 0.1) is 6.92 Å². The van der Waals surface area contributed by atoms with Crippen molar-refractivity contribution < 1.29 is 31.8 Å². The number of alkyl halides is 4. The summed E-state index contributed by atoms with van der Waals surface area (Å²) in [5.74, 6) is -1.37. The molecular weight excluding hydrogens is 406 g/mol. The monoisotopic (exact) mass is 423 g/mol. The minimum Gasteiger partial charge on any atom is -0.431 e. The number of benzene rings is 2. The number of aromatic nitrogens is 2. The molecule has 0 aliphatic carbocycles. The molecule has 0 aliphatic heterocycles. The topological polar surface area (TPSA) is 65.4 Å². The molecule has 10 heteroatoms. The predicted molar refractivity (Wildman–Crippen MR) is 101 cm³/mol. The van der Waals surface area contributed by atoms with Crippen LogP contribution in [-0.2, 0) is 11.3 Å². The number of nitrogens with zero attached hydrogens (tertiary/aromatic N) is 2. The Hall–Kier alpha value is -3.56. The van der Waals surface area contributed by atoms with Crippen LogP contribution in [0.5, 0.6) is 11.5 Å². The highest BCUT2D eigenvalue weighted by molar-refractivity contribution is 5.91. The first kappa shape index (κ1) is 21.2. The quantitative estimate of drug-likeness (QED) is 0.534. The van der Waals surface area contributed by atoms with Crippen LogP contribution in [0.25, 0.3) is 11.3 Å². The highest BCUT2D eigenvalue weighted by Gasteiger charge is 2.17. The number of halogens is 4. The third-order valence-electron chi connectivity index (χ3n) is 4.04. The molecule has 0 unspecified atom stereocenters. The number of hydrogen-bond donors (Lipinski definition) is 1. The zero-order valence-corrected chi connectivity index (χ0v) is 15.7. The Kier molecular flexibility index (Phi) is 6.55. The van der Waals surface area contributed by atoms with E-state index in [-0.39, 0.29) is 12.5 Å². The van der Waals surface area contributed by atoms with Crippen LogP contribution in [0.3, 0.4) is 0 Å². The summed E-state index contributed by atoms with van der Waals surface area (Å²) in [5.41, 5.74) is 2.25. The number of para-hydroxylation sites is 1. The molecule has 2 aromatic carbocycles. The van der Waals surface area contributed by atoms with Gasteiger partial charge < -0.3 is 14.8 Å². The number of aryl methyl sites for hydroxylation is 1. The van der Waals surface area contributed by atoms with E-state index in [1.165, 1.54) is 16.9 Å². The summed E-state index contributed by atoms with van der Waals surface area (Å²) >= 11 is 0. The number of carbonyl (C=O) groups excluding carboxylic acids is 1. The lowest BCUT2D eigenvalue weighted by atomic mass is 10.1. The Morgan fingerprint density at radius 1 is 1.03 bits per heavy atom. The molecule has 6 nitrogen and oxygen atoms in total. The molecular formula is C20H17F4N3O3. The molecule has 0 spiro atoms. The first-order chi connectivity index (χ1) is 14.3. The second kappa shape index (κ2) is 9.29. The van der Waals surface area contributed by atoms with Crippen molar-refractivity contribution in [2.24, 2.45) is 0 Å². The summed E-state index contributed by atoms with van der Waals surface area (Å²) in [4.78, 5) is 12.2. The largest absolute Gasteiger partial charge is 0.431 e. The maximum Gasteiger partial charge on any atom is 0.387 e. The summed E-state index contributed by atoms with van der Waals surface area (Å²) in [6.45, 7) is -4.63. The highest BCUT2D eigenvalue weighted by Crippen LogP contribution is 2.34. The minimum atomic E-state index is -3.22. The molecule has 0 atom stereocenters. The van der Waals surface area contributed by atoms with Crippen molar-refractivity contribution in [2.75, 3.05) is 5.32 Å². The van der Waals surface area contributed by atoms with Gasteiger partial charge in [0.2, 0.25) is 5.91 Å². The van der Waals surface area contributed by atoms with Gasteiger partial charge in [-0.1, -0.05) is 18.2 Å². The molecule has 0 saturated carbocycles. The molecule has 0 fully saturated rings. The van der Waals surface area contributed by atoms with Crippen molar-refractivity contribution in [3.63, 3.8) is 0 Å². The molecule has 3 rings (SSSR count). The fourth-order valence-corrected chi connectivity index (χ4v) is 2.70. The minimum absolute atomic E-state index is 0.0820. The van der Waals surface area contributed by atoms with Crippen molar-refractivity contribution >= 4 is 11.6 Å². The van der Waals surface area contributed by atoms with Gasteiger partial charge in [-0.25, -0.2) is 0 Å². The van der Waals surface area contributed by atoms with Gasteiger partial charge in [0.1, 0.15) is 6.54 Å². The zero-order chi connectivity index (χ0) is 21.7. The number of amides is 1. The van der Waals surface area contributed by atoms with E-state index in [9.17, 15) is 22.4 Å². The maximum atomic E-state index is 12.6. The molecule has 0 saturated heterocycles. The number of nitrogens with one attached hydrogen (secondary N) is 1. The number of hydrogen-bond acceptors (Lipinski definition) is 4. The van der Waals surface area contributed by atoms with Gasteiger partial charge >= 0.3 is 13.2 Å². The Morgan fingerprint density at radius 3 is 2.43 bits per heavy atom. The van der Waals surface area contributed by atoms with Gasteiger partial charge in [-0.3, -0.25) is 9.48 Å². The molecule has 1 amide bonds. The lowest BCUT2D eigenvalue weighted by Crippen LogP contribution is -2.19. The molecule has 30 heavy (non-hydrogen) atoms. The lowest BCUT2D eigenvalue weighted by molar-refractivity contribution is -0.116. The van der Waals surface area contributed by atoms with Gasteiger partial charge in [-0.05, 0) is 42.8 Å². The second-order valence-corrected chi connectivity index (χ2v) is 6.18. The molecule has 0 bridgehead atoms. The first-order valence-electron chi connectivity index (χ1n) is 8.75. The van der Waals surface area contributed by atoms with E-state index < -0.39 is 24.7 Å². The molecule has 0 aliphatic rings. The Morgan fingerprint density at radius 2 is 1.73 bits per heavy atom. The van der Waals surface area contributed by atoms with E-state index in [0.717, 1.165) is 17.7 Å². The third kappa shape index (κ3) is 5.49. The highest BCUT2D eigenvalue weighted by atomic mass is 19.3. The Balaban J connectivity index is 1.74. The summed E-state index contributed by atoms with van der Waals surface area (Å²) in [5, 5.41) is 6.99. The van der Waals surface area contributed by atoms with Gasteiger partial charge in [-0.15, -0.1) is 0 Å². The molecule has 0 radical (unpaired) electrons. The van der Waals surface area contributed by atoms with Crippen LogP contribution in [0.1, 0.15) is 5.56 Å². The van der Waals surface area contributed by atoms with Gasteiger partial charge in [0, 0.05) is 17.4 Å². The standard InChI is InChI=1S/C20H17F4N3O3/c1-12-4-2-3-5-14(12)25-18(28)11-27-9-8-15(26-27)13-6-7-16(29-19(21)22)17(10-13)30-20(23)24/h2-10,19-20H,11H2,1H3,(H,25,28). The van der Waals surface area contributed by atoms with Gasteiger partial charge in [-0.2, -0.15) is 22.7 Å². The van der Waals surface area contributed by atoms with Crippen molar-refractivity contribution in [2.45, 2.75) is 26.7 Å². The molecule has 3 aromatic rings. The molecule has 1 heterocycles. The van der Waals surface area contributed by atoms with E-state index in [0.29, 0.717) is 16.9 Å². The van der Waals surface area contributed by atoms with Crippen LogP contribution in [0.2, 0.25) is 0 Å². The fourth-order valence-electron chi connectivity index (χ4n) is 2.70. The SMILES string of the molecule is Cc1ccccc1NC(=O)Cn1ccc(-c2ccc(OC(F)F)c(OC(F)F)c2)n1. The smallest absolute Gasteiger partial charge is 0.387 e. The number of carbonyl (C=O) groups is 1. The Bertz CT molecular complexity index is 1020. The van der Waals surface area contributed by atoms with Crippen LogP contribution in [0.15, 0.2) is 54.7 Å². The predicted octanol–water partition coefficient (Wildman–Crippen LogP) is 4.70. The molecule has 1 aromatic heterocycles. The van der Waals surface area contributed by atoms with E-state index in [1.54, 1.807) is 18.2 Å². The average molecular weight is 423 g/mol. The van der Waals surface area contributed by atoms with Crippen LogP contribution in [0.4, 0.5) is 23.2 Å². The van der Waals surface area contributed by atoms with Crippen molar-refractivity contribution in [1.29, 1.82) is 0 Å². The zero-order valence-electron chi connectivity index (χ0n) is 15.7. The van der Waals surface area contributed by atoms with Crippen molar-refractivity contribution in [3.8, 4) is 22.8 Å². The second-order valence-electron chi connectivity index (χ2n) is 6.18. The van der Waals surface area contributed by atoms with Crippen LogP contribution in [-0.4, -0.2) is 28.9 Å². The summed E-state index contributed by atoms with van der Waals surface area (Å²) in [6.07, 6.45) is 1.53. The summed E-state index contributed by atoms with van der Waals surface area (Å²) in [7, 11) is 0. The van der Waals surface area contributed by atoms with E-state index in [4.69, 9.17) is 0 Å². The Labute approximate surface area is 169 Å². The average Bonchev–Trinajstić information content (AvgIpc) is 3.12. The summed E-state index contributed by atoms with van der Waals surface area (Å²) < 4.78 is 59.9. The van der Waals surface area contributed by atoms with Crippen LogP contribution < -0.4 is 14.8 Å². The van der Waals surface area contributed by atoms with Gasteiger partial charge in [0.25, 0.3) is 0 Å². The number of rotatable bonds is 8. The number of ether oxygens (including phenoxy) is 2. The third-order valence-corrected chi connectivity index (χ3v) is 4.04.